The minimum Gasteiger partial charge on any atom is -0.479 e. The Morgan fingerprint density at radius 1 is 1.30 bits per heavy atom. The van der Waals surface area contributed by atoms with Crippen LogP contribution in [-0.4, -0.2) is 68.8 Å². The molecule has 1 fully saturated rings. The summed E-state index contributed by atoms with van der Waals surface area (Å²) in [7, 11) is 0. The molecule has 9 nitrogen and oxygen atoms in total. The van der Waals surface area contributed by atoms with Crippen LogP contribution >= 0.6 is 0 Å². The number of carboxylic acid groups (broad SMARTS) is 1. The van der Waals surface area contributed by atoms with Gasteiger partial charge in [0.2, 0.25) is 6.29 Å². The molecule has 1 aromatic carbocycles. The van der Waals surface area contributed by atoms with Gasteiger partial charge in [0, 0.05) is 5.92 Å². The van der Waals surface area contributed by atoms with E-state index in [4.69, 9.17) is 20.3 Å². The Balaban J connectivity index is 2.26. The van der Waals surface area contributed by atoms with Crippen molar-refractivity contribution < 1.29 is 39.8 Å². The number of nitrogens with two attached hydrogens (primary N) is 1. The fourth-order valence-electron chi connectivity index (χ4n) is 3.15. The van der Waals surface area contributed by atoms with Crippen molar-refractivity contribution in [3.63, 3.8) is 0 Å². The molecular weight excluding hydrogens is 358 g/mol. The number of carboxylic acids is 1. The van der Waals surface area contributed by atoms with E-state index in [9.17, 15) is 25.2 Å². The summed E-state index contributed by atoms with van der Waals surface area (Å²) in [4.78, 5) is 11.2. The van der Waals surface area contributed by atoms with Gasteiger partial charge >= 0.3 is 5.97 Å². The molecule has 0 spiro atoms. The molecule has 7 atom stereocenters. The molecule has 27 heavy (non-hydrogen) atoms. The van der Waals surface area contributed by atoms with Gasteiger partial charge in [-0.3, -0.25) is 0 Å². The highest BCUT2D eigenvalue weighted by atomic mass is 16.7. The molecule has 0 aromatic heterocycles. The van der Waals surface area contributed by atoms with Gasteiger partial charge in [0.15, 0.2) is 6.10 Å². The molecule has 0 bridgehead atoms. The summed E-state index contributed by atoms with van der Waals surface area (Å²) in [6.45, 7) is 3.91. The molecular formula is C18H27NO8. The van der Waals surface area contributed by atoms with Gasteiger partial charge in [0.25, 0.3) is 0 Å². The Hall–Kier alpha value is -1.75. The van der Waals surface area contributed by atoms with E-state index in [0.29, 0.717) is 12.0 Å². The Kier molecular flexibility index (Phi) is 6.79. The van der Waals surface area contributed by atoms with Crippen LogP contribution in [-0.2, 0) is 15.1 Å². The largest absolute Gasteiger partial charge is 0.479 e. The maximum Gasteiger partial charge on any atom is 0.335 e. The lowest BCUT2D eigenvalue weighted by Gasteiger charge is -2.38. The van der Waals surface area contributed by atoms with Gasteiger partial charge in [0.1, 0.15) is 24.1 Å². The Morgan fingerprint density at radius 2 is 1.96 bits per heavy atom. The third kappa shape index (κ3) is 4.23. The standard InChI is InChI=1S/C18H27NO8/c1-3-18(25,9(2)8-19)10-5-4-6-11(7-10)26-17-14(22)12(20)13(21)15(27-17)16(23)24/h4-7,9,12-15,17,20-22,25H,3,8,19H2,1-2H3,(H,23,24)/t9?,12-,13+,14?,15?,17-,18?/m1/s1. The second-order valence-electron chi connectivity index (χ2n) is 6.80. The first kappa shape index (κ1) is 21.5. The van der Waals surface area contributed by atoms with Crippen LogP contribution in [0.4, 0.5) is 0 Å². The average Bonchev–Trinajstić information content (AvgIpc) is 2.66. The second-order valence-corrected chi connectivity index (χ2v) is 6.80. The summed E-state index contributed by atoms with van der Waals surface area (Å²) in [5.41, 5.74) is 5.04. The number of carbonyl (C=O) groups is 1. The highest BCUT2D eigenvalue weighted by molar-refractivity contribution is 5.73. The highest BCUT2D eigenvalue weighted by Crippen LogP contribution is 2.35. The molecule has 1 heterocycles. The van der Waals surface area contributed by atoms with Crippen molar-refractivity contribution in [2.45, 2.75) is 56.6 Å². The Bertz CT molecular complexity index is 656. The third-order valence-corrected chi connectivity index (χ3v) is 5.11. The number of ether oxygens (including phenoxy) is 2. The van der Waals surface area contributed by atoms with E-state index in [-0.39, 0.29) is 18.2 Å². The third-order valence-electron chi connectivity index (χ3n) is 5.11. The van der Waals surface area contributed by atoms with Crippen LogP contribution < -0.4 is 10.5 Å². The summed E-state index contributed by atoms with van der Waals surface area (Å²) < 4.78 is 10.6. The lowest BCUT2D eigenvalue weighted by molar-refractivity contribution is -0.271. The monoisotopic (exact) mass is 385 g/mol. The average molecular weight is 385 g/mol. The van der Waals surface area contributed by atoms with Crippen LogP contribution in [0.25, 0.3) is 0 Å². The summed E-state index contributed by atoms with van der Waals surface area (Å²) >= 11 is 0. The van der Waals surface area contributed by atoms with Gasteiger partial charge in [-0.15, -0.1) is 0 Å². The van der Waals surface area contributed by atoms with Gasteiger partial charge in [-0.25, -0.2) is 4.79 Å². The number of aliphatic hydroxyl groups is 4. The SMILES string of the molecule is CCC(O)(c1cccc(O[C@@H]2OC(C(=O)O)[C@@H](O)[C@@H](O)C2O)c1)C(C)CN. The molecule has 152 valence electrons. The van der Waals surface area contributed by atoms with Crippen LogP contribution in [0, 0.1) is 5.92 Å². The van der Waals surface area contributed by atoms with Crippen molar-refractivity contribution in [2.75, 3.05) is 6.54 Å². The normalized spacial score (nSPS) is 31.7. The zero-order valence-corrected chi connectivity index (χ0v) is 15.2. The predicted octanol–water partition coefficient (Wildman–Crippen LogP) is -0.850. The molecule has 1 aliphatic heterocycles. The number of benzene rings is 1. The van der Waals surface area contributed by atoms with Crippen molar-refractivity contribution in [1.29, 1.82) is 0 Å². The van der Waals surface area contributed by atoms with Crippen LogP contribution in [0.2, 0.25) is 0 Å². The van der Waals surface area contributed by atoms with Crippen molar-refractivity contribution in [1.82, 2.24) is 0 Å². The molecule has 0 aliphatic carbocycles. The van der Waals surface area contributed by atoms with Crippen LogP contribution in [0.3, 0.4) is 0 Å². The quantitative estimate of drug-likeness (QED) is 0.351. The Morgan fingerprint density at radius 3 is 2.52 bits per heavy atom. The van der Waals surface area contributed by atoms with E-state index in [2.05, 4.69) is 0 Å². The molecule has 1 aromatic rings. The molecule has 4 unspecified atom stereocenters. The fraction of sp³-hybridized carbons (Fsp3) is 0.611. The first-order valence-electron chi connectivity index (χ1n) is 8.77. The van der Waals surface area contributed by atoms with Crippen molar-refractivity contribution in [3.8, 4) is 5.75 Å². The van der Waals surface area contributed by atoms with Crippen molar-refractivity contribution in [2.24, 2.45) is 11.7 Å². The van der Waals surface area contributed by atoms with Crippen molar-refractivity contribution >= 4 is 5.97 Å². The lowest BCUT2D eigenvalue weighted by atomic mass is 9.80. The van der Waals surface area contributed by atoms with Crippen molar-refractivity contribution in [3.05, 3.63) is 29.8 Å². The second kappa shape index (κ2) is 8.51. The van der Waals surface area contributed by atoms with Gasteiger partial charge < -0.3 is 40.7 Å². The first-order valence-corrected chi connectivity index (χ1v) is 8.77. The molecule has 2 rings (SSSR count). The van der Waals surface area contributed by atoms with E-state index in [1.807, 2.05) is 13.8 Å². The van der Waals surface area contributed by atoms with E-state index in [1.54, 1.807) is 18.2 Å². The number of hydrogen-bond acceptors (Lipinski definition) is 8. The minimum absolute atomic E-state index is 0.195. The van der Waals surface area contributed by atoms with Gasteiger partial charge in [-0.05, 0) is 30.7 Å². The summed E-state index contributed by atoms with van der Waals surface area (Å²) in [6.07, 6.45) is -8.06. The number of rotatable bonds is 7. The zero-order chi connectivity index (χ0) is 20.4. The van der Waals surface area contributed by atoms with Gasteiger partial charge in [-0.1, -0.05) is 26.0 Å². The minimum atomic E-state index is -1.79. The topological polar surface area (TPSA) is 163 Å². The number of hydrogen-bond donors (Lipinski definition) is 6. The number of aliphatic carboxylic acids is 1. The summed E-state index contributed by atoms with van der Waals surface area (Å²) in [6, 6.07) is 6.41. The van der Waals surface area contributed by atoms with Crippen LogP contribution in [0.5, 0.6) is 5.75 Å². The highest BCUT2D eigenvalue weighted by Gasteiger charge is 2.48. The van der Waals surface area contributed by atoms with E-state index >= 15 is 0 Å². The zero-order valence-electron chi connectivity index (χ0n) is 15.2. The van der Waals surface area contributed by atoms with Crippen LogP contribution in [0.15, 0.2) is 24.3 Å². The summed E-state index contributed by atoms with van der Waals surface area (Å²) in [5.74, 6) is -1.53. The summed E-state index contributed by atoms with van der Waals surface area (Å²) in [5, 5.41) is 49.7. The molecule has 0 radical (unpaired) electrons. The molecule has 0 saturated carbocycles. The molecule has 1 saturated heterocycles. The van der Waals surface area contributed by atoms with Gasteiger partial charge in [0.05, 0.1) is 5.60 Å². The molecule has 9 heteroatoms. The maximum absolute atomic E-state index is 11.2. The Labute approximate surface area is 157 Å². The molecule has 1 aliphatic rings. The predicted molar refractivity (Wildman–Crippen MR) is 93.8 cm³/mol. The van der Waals surface area contributed by atoms with Gasteiger partial charge in [-0.2, -0.15) is 0 Å². The van der Waals surface area contributed by atoms with Crippen LogP contribution in [0.1, 0.15) is 25.8 Å². The molecule has 7 N–H and O–H groups in total. The maximum atomic E-state index is 11.2. The van der Waals surface area contributed by atoms with E-state index < -0.39 is 42.3 Å². The lowest BCUT2D eigenvalue weighted by Crippen LogP contribution is -2.61. The fourth-order valence-corrected chi connectivity index (χ4v) is 3.15. The molecule has 0 amide bonds. The first-order chi connectivity index (χ1) is 12.7. The van der Waals surface area contributed by atoms with E-state index in [0.717, 1.165) is 0 Å². The number of aliphatic hydroxyl groups excluding tert-OH is 3. The smallest absolute Gasteiger partial charge is 0.335 e. The van der Waals surface area contributed by atoms with E-state index in [1.165, 1.54) is 6.07 Å².